The normalized spacial score (nSPS) is 25.9. The largest absolute Gasteiger partial charge is 0.507 e. The number of phenols is 1. The predicted octanol–water partition coefficient (Wildman–Crippen LogP) is 3.95. The van der Waals surface area contributed by atoms with Gasteiger partial charge in [0.1, 0.15) is 17.9 Å². The second-order valence-corrected chi connectivity index (χ2v) is 9.99. The molecule has 2 aliphatic heterocycles. The fourth-order valence-corrected chi connectivity index (χ4v) is 5.53. The molecule has 4 heterocycles. The Morgan fingerprint density at radius 3 is 2.41 bits per heavy atom. The number of aromatic hydroxyl groups is 1. The molecule has 3 atom stereocenters. The van der Waals surface area contributed by atoms with E-state index >= 15 is 4.39 Å². The summed E-state index contributed by atoms with van der Waals surface area (Å²) in [5, 5.41) is 23.0. The van der Waals surface area contributed by atoms with Crippen LogP contribution in [0.1, 0.15) is 39.5 Å². The number of hydrogen-bond acceptors (Lipinski definition) is 8. The second kappa shape index (κ2) is 8.16. The number of hydrogen-bond donors (Lipinski definition) is 2. The van der Waals surface area contributed by atoms with Gasteiger partial charge < -0.3 is 20.1 Å². The lowest BCUT2D eigenvalue weighted by molar-refractivity contribution is 0.207. The van der Waals surface area contributed by atoms with E-state index < -0.39 is 5.82 Å². The summed E-state index contributed by atoms with van der Waals surface area (Å²) in [4.78, 5) is 10.3. The molecule has 2 saturated heterocycles. The third-order valence-electron chi connectivity index (χ3n) is 7.24. The zero-order chi connectivity index (χ0) is 24.1. The van der Waals surface area contributed by atoms with E-state index in [0.29, 0.717) is 23.2 Å². The molecular weight excluding hydrogens is 435 g/mol. The summed E-state index contributed by atoms with van der Waals surface area (Å²) < 4.78 is 20.2. The van der Waals surface area contributed by atoms with Crippen molar-refractivity contribution in [2.45, 2.75) is 56.7 Å². The molecule has 1 aromatic carbocycles. The molecular formula is C25H29FN6O2. The Morgan fingerprint density at radius 1 is 1.06 bits per heavy atom. The molecule has 178 valence electrons. The molecule has 34 heavy (non-hydrogen) atoms. The van der Waals surface area contributed by atoms with Gasteiger partial charge in [-0.1, -0.05) is 0 Å². The first-order valence-corrected chi connectivity index (χ1v) is 11.4. The van der Waals surface area contributed by atoms with E-state index in [2.05, 4.69) is 44.2 Å². The van der Waals surface area contributed by atoms with Crippen molar-refractivity contribution in [1.82, 2.24) is 25.5 Å². The molecule has 0 amide bonds. The smallest absolute Gasteiger partial charge is 0.216 e. The summed E-state index contributed by atoms with van der Waals surface area (Å²) in [5.41, 5.74) is 1.41. The van der Waals surface area contributed by atoms with Crippen LogP contribution >= 0.6 is 0 Å². The van der Waals surface area contributed by atoms with Crippen LogP contribution in [0, 0.1) is 5.82 Å². The summed E-state index contributed by atoms with van der Waals surface area (Å²) >= 11 is 0. The molecule has 2 bridgehead atoms. The van der Waals surface area contributed by atoms with Gasteiger partial charge in [0.05, 0.1) is 24.1 Å². The number of nitrogens with zero attached hydrogens (tertiary/aromatic N) is 5. The minimum atomic E-state index is -0.612. The Hall–Kier alpha value is -3.33. The Balaban J connectivity index is 1.39. The molecule has 2 aromatic heterocycles. The van der Waals surface area contributed by atoms with Crippen molar-refractivity contribution < 1.29 is 14.2 Å². The van der Waals surface area contributed by atoms with E-state index in [1.54, 1.807) is 12.1 Å². The highest BCUT2D eigenvalue weighted by Crippen LogP contribution is 2.44. The van der Waals surface area contributed by atoms with E-state index in [1.807, 2.05) is 13.1 Å². The molecule has 0 aliphatic carbocycles. The number of anilines is 1. The van der Waals surface area contributed by atoms with E-state index in [1.165, 1.54) is 38.4 Å². The van der Waals surface area contributed by atoms with Crippen molar-refractivity contribution >= 4 is 5.82 Å². The summed E-state index contributed by atoms with van der Waals surface area (Å²) in [6.45, 7) is 4.58. The van der Waals surface area contributed by atoms with Crippen molar-refractivity contribution in [2.75, 3.05) is 19.1 Å². The van der Waals surface area contributed by atoms with Gasteiger partial charge in [-0.3, -0.25) is 0 Å². The van der Waals surface area contributed by atoms with Gasteiger partial charge in [0, 0.05) is 35.8 Å². The van der Waals surface area contributed by atoms with Crippen LogP contribution in [-0.4, -0.2) is 56.5 Å². The van der Waals surface area contributed by atoms with Gasteiger partial charge in [0.25, 0.3) is 0 Å². The summed E-state index contributed by atoms with van der Waals surface area (Å²) in [6, 6.07) is 8.21. The fraction of sp³-hybridized carbons (Fsp3) is 0.440. The van der Waals surface area contributed by atoms with Crippen molar-refractivity contribution in [3.8, 4) is 34.1 Å². The van der Waals surface area contributed by atoms with Gasteiger partial charge in [-0.05, 0) is 63.8 Å². The van der Waals surface area contributed by atoms with E-state index in [4.69, 9.17) is 4.74 Å². The molecule has 2 fully saturated rings. The molecule has 2 N–H and O–H groups in total. The van der Waals surface area contributed by atoms with Crippen LogP contribution in [-0.2, 0) is 0 Å². The minimum Gasteiger partial charge on any atom is -0.507 e. The first-order valence-electron chi connectivity index (χ1n) is 11.4. The number of nitrogens with one attached hydrogen (secondary N) is 1. The third-order valence-corrected chi connectivity index (χ3v) is 7.24. The van der Waals surface area contributed by atoms with Crippen LogP contribution in [0.2, 0.25) is 0 Å². The average molecular weight is 465 g/mol. The van der Waals surface area contributed by atoms with Crippen molar-refractivity contribution in [3.63, 3.8) is 0 Å². The highest BCUT2D eigenvalue weighted by atomic mass is 19.1. The number of phenolic OH excluding ortho intramolecular Hbond substituents is 1. The number of piperidine rings is 1. The van der Waals surface area contributed by atoms with Gasteiger partial charge in [-0.15, -0.1) is 10.2 Å². The lowest BCUT2D eigenvalue weighted by Gasteiger charge is -2.45. The third kappa shape index (κ3) is 4.04. The summed E-state index contributed by atoms with van der Waals surface area (Å²) in [5.74, 6) is 0.230. The zero-order valence-electron chi connectivity index (χ0n) is 19.8. The molecule has 2 aliphatic rings. The van der Waals surface area contributed by atoms with Crippen LogP contribution in [0.15, 0.2) is 36.7 Å². The monoisotopic (exact) mass is 464 g/mol. The van der Waals surface area contributed by atoms with Crippen LogP contribution in [0.25, 0.3) is 22.5 Å². The lowest BCUT2D eigenvalue weighted by atomic mass is 9.84. The number of halogens is 1. The molecule has 3 aromatic rings. The van der Waals surface area contributed by atoms with Crippen LogP contribution in [0.5, 0.6) is 11.6 Å². The van der Waals surface area contributed by atoms with Gasteiger partial charge >= 0.3 is 0 Å². The van der Waals surface area contributed by atoms with Crippen LogP contribution in [0.3, 0.4) is 0 Å². The number of methoxy groups -OCH3 is 1. The van der Waals surface area contributed by atoms with Gasteiger partial charge in [0.15, 0.2) is 5.82 Å². The molecule has 1 unspecified atom stereocenters. The first kappa shape index (κ1) is 22.5. The minimum absolute atomic E-state index is 0.00593. The molecule has 8 nitrogen and oxygen atoms in total. The van der Waals surface area contributed by atoms with Gasteiger partial charge in [0.2, 0.25) is 5.88 Å². The van der Waals surface area contributed by atoms with Crippen LogP contribution in [0.4, 0.5) is 10.2 Å². The molecule has 5 rings (SSSR count). The number of benzene rings is 1. The predicted molar refractivity (Wildman–Crippen MR) is 127 cm³/mol. The number of fused-ring (bicyclic) bond motifs is 2. The highest BCUT2D eigenvalue weighted by molar-refractivity contribution is 5.74. The van der Waals surface area contributed by atoms with Crippen molar-refractivity contribution in [1.29, 1.82) is 0 Å². The molecule has 0 spiro atoms. The summed E-state index contributed by atoms with van der Waals surface area (Å²) in [7, 11) is 3.53. The lowest BCUT2D eigenvalue weighted by Crippen LogP contribution is -2.58. The van der Waals surface area contributed by atoms with Gasteiger partial charge in [-0.25, -0.2) is 14.4 Å². The maximum atomic E-state index is 15.1. The Bertz CT molecular complexity index is 1180. The first-order chi connectivity index (χ1) is 16.2. The highest BCUT2D eigenvalue weighted by Gasteiger charge is 2.49. The van der Waals surface area contributed by atoms with Gasteiger partial charge in [-0.2, -0.15) is 0 Å². The maximum absolute atomic E-state index is 15.1. The van der Waals surface area contributed by atoms with Crippen molar-refractivity contribution in [3.05, 3.63) is 42.5 Å². The Morgan fingerprint density at radius 2 is 1.79 bits per heavy atom. The van der Waals surface area contributed by atoms with E-state index in [0.717, 1.165) is 18.7 Å². The molecule has 9 heteroatoms. The van der Waals surface area contributed by atoms with E-state index in [-0.39, 0.29) is 28.1 Å². The number of aromatic nitrogens is 4. The quantitative estimate of drug-likeness (QED) is 0.586. The second-order valence-electron chi connectivity index (χ2n) is 9.99. The molecule has 0 radical (unpaired) electrons. The maximum Gasteiger partial charge on any atom is 0.216 e. The average Bonchev–Trinajstić information content (AvgIpc) is 3.05. The fourth-order valence-electron chi connectivity index (χ4n) is 5.53. The zero-order valence-corrected chi connectivity index (χ0v) is 19.8. The van der Waals surface area contributed by atoms with Crippen LogP contribution < -0.4 is 15.0 Å². The van der Waals surface area contributed by atoms with Crippen molar-refractivity contribution in [2.24, 2.45) is 0 Å². The Labute approximate surface area is 198 Å². The topological polar surface area (TPSA) is 96.3 Å². The Kier molecular flexibility index (Phi) is 5.39. The SMILES string of the molecule is COc1cc(-c2cc(O)c(-c3ccc(N(C)C4C[C@]5(C)CC[C@](C)(C4)N5)nn3)c(F)c2)ncn1. The molecule has 0 saturated carbocycles. The number of ether oxygens (including phenoxy) is 1. The summed E-state index contributed by atoms with van der Waals surface area (Å²) in [6.07, 6.45) is 5.75. The number of rotatable bonds is 5. The van der Waals surface area contributed by atoms with E-state index in [9.17, 15) is 5.11 Å². The standard InChI is InChI=1S/C25H29FN6O2/c1-24-7-8-25(2,31-24)13-16(12-24)32(3)21-6-5-18(29-30-21)23-17(26)9-15(10-20(23)33)19-11-22(34-4)28-14-27-19/h5-6,9-11,14,16,31,33H,7-8,12-13H2,1-4H3/t16?,24-,25+.